The monoisotopic (exact) mass is 584 g/mol. The minimum absolute atomic E-state index is 0.200. The summed E-state index contributed by atoms with van der Waals surface area (Å²) in [6.45, 7) is 2.45. The Morgan fingerprint density at radius 1 is 1.18 bits per heavy atom. The number of benzene rings is 1. The SMILES string of the molecule is CO[C@H]1C[C@@H](S(=O)(=O)c2ccc(N3CCN(C4CC4)CC3)cc2C(F)(F)F)C[C@]1(C(=O)O)C1CC1(C#N)C(N)=O. The van der Waals surface area contributed by atoms with E-state index in [-0.39, 0.29) is 12.1 Å². The van der Waals surface area contributed by atoms with Crippen molar-refractivity contribution in [3.63, 3.8) is 0 Å². The van der Waals surface area contributed by atoms with Crippen LogP contribution in [-0.2, 0) is 30.3 Å². The Hall–Kier alpha value is -2.89. The lowest BCUT2D eigenvalue weighted by molar-refractivity contribution is -0.159. The molecule has 1 amide bonds. The summed E-state index contributed by atoms with van der Waals surface area (Å²) in [6, 6.07) is 5.46. The molecule has 1 saturated heterocycles. The van der Waals surface area contributed by atoms with Gasteiger partial charge in [0.05, 0.1) is 27.9 Å². The summed E-state index contributed by atoms with van der Waals surface area (Å²) in [4.78, 5) is 27.8. The number of amides is 1. The van der Waals surface area contributed by atoms with Gasteiger partial charge in [0.2, 0.25) is 5.91 Å². The zero-order valence-electron chi connectivity index (χ0n) is 21.9. The number of halogens is 3. The Morgan fingerprint density at radius 2 is 1.82 bits per heavy atom. The lowest BCUT2D eigenvalue weighted by atomic mass is 9.75. The molecule has 0 aromatic heterocycles. The number of anilines is 1. The number of primary amides is 1. The Labute approximate surface area is 229 Å². The van der Waals surface area contributed by atoms with Crippen LogP contribution >= 0.6 is 0 Å². The molecule has 4 aliphatic rings. The first-order valence-electron chi connectivity index (χ1n) is 13.1. The van der Waals surface area contributed by atoms with Crippen molar-refractivity contribution in [2.75, 3.05) is 38.2 Å². The normalized spacial score (nSPS) is 33.0. The first-order chi connectivity index (χ1) is 18.7. The van der Waals surface area contributed by atoms with Crippen LogP contribution in [0.15, 0.2) is 23.1 Å². The quantitative estimate of drug-likeness (QED) is 0.467. The highest BCUT2D eigenvalue weighted by Gasteiger charge is 2.75. The molecule has 5 atom stereocenters. The van der Waals surface area contributed by atoms with E-state index in [1.165, 1.54) is 6.07 Å². The maximum absolute atomic E-state index is 14.3. The molecule has 218 valence electrons. The van der Waals surface area contributed by atoms with Crippen LogP contribution < -0.4 is 10.6 Å². The smallest absolute Gasteiger partial charge is 0.417 e. The molecule has 3 N–H and O–H groups in total. The van der Waals surface area contributed by atoms with E-state index in [0.717, 1.165) is 32.1 Å². The molecule has 10 nitrogen and oxygen atoms in total. The third kappa shape index (κ3) is 4.42. The standard InChI is InChI=1S/C26H31F3N4O6S/c1-39-21-11-17(12-25(21,23(35)36)20-13-24(20,14-30)22(31)34)40(37,38)19-5-4-16(10-18(19)26(27,28)29)33-8-6-32(7-9-33)15-2-3-15/h4-5,10,15,17,20-21H,2-3,6-9,11-13H2,1H3,(H2,31,34)(H,35,36)/t17-,20?,21+,24?,25+/m1/s1. The molecular formula is C26H31F3N4O6S. The van der Waals surface area contributed by atoms with Crippen LogP contribution in [0.4, 0.5) is 18.9 Å². The predicted molar refractivity (Wildman–Crippen MR) is 135 cm³/mol. The first kappa shape index (κ1) is 28.6. The topological polar surface area (TPSA) is 154 Å². The van der Waals surface area contributed by atoms with Crippen molar-refractivity contribution in [3.05, 3.63) is 23.8 Å². The van der Waals surface area contributed by atoms with Gasteiger partial charge in [-0.3, -0.25) is 14.5 Å². The largest absolute Gasteiger partial charge is 0.481 e. The molecule has 5 rings (SSSR count). The van der Waals surface area contributed by atoms with Crippen molar-refractivity contribution in [2.45, 2.75) is 60.6 Å². The minimum Gasteiger partial charge on any atom is -0.481 e. The lowest BCUT2D eigenvalue weighted by Gasteiger charge is -2.36. The molecule has 1 aromatic carbocycles. The van der Waals surface area contributed by atoms with Gasteiger partial charge >= 0.3 is 12.1 Å². The van der Waals surface area contributed by atoms with Crippen LogP contribution in [0.2, 0.25) is 0 Å². The van der Waals surface area contributed by atoms with E-state index in [1.807, 2.05) is 0 Å². The number of hydrogen-bond donors (Lipinski definition) is 2. The van der Waals surface area contributed by atoms with E-state index in [2.05, 4.69) is 4.90 Å². The summed E-state index contributed by atoms with van der Waals surface area (Å²) >= 11 is 0. The number of rotatable bonds is 8. The van der Waals surface area contributed by atoms with Crippen molar-refractivity contribution < 1.29 is 41.0 Å². The van der Waals surface area contributed by atoms with E-state index in [1.54, 1.807) is 11.0 Å². The van der Waals surface area contributed by atoms with Gasteiger partial charge in [0.1, 0.15) is 10.8 Å². The number of methoxy groups -OCH3 is 1. The molecule has 14 heteroatoms. The predicted octanol–water partition coefficient (Wildman–Crippen LogP) is 2.03. The maximum atomic E-state index is 14.3. The highest BCUT2D eigenvalue weighted by atomic mass is 32.2. The fourth-order valence-corrected chi connectivity index (χ4v) is 8.83. The molecule has 3 saturated carbocycles. The van der Waals surface area contributed by atoms with Gasteiger partial charge < -0.3 is 20.5 Å². The molecule has 40 heavy (non-hydrogen) atoms. The number of ether oxygens (including phenoxy) is 1. The summed E-state index contributed by atoms with van der Waals surface area (Å²) in [6.07, 6.45) is -5.23. The number of nitrogens with zero attached hydrogens (tertiary/aromatic N) is 3. The van der Waals surface area contributed by atoms with Crippen molar-refractivity contribution >= 4 is 27.4 Å². The van der Waals surface area contributed by atoms with E-state index >= 15 is 0 Å². The lowest BCUT2D eigenvalue weighted by Crippen LogP contribution is -2.47. The average molecular weight is 585 g/mol. The highest BCUT2D eigenvalue weighted by Crippen LogP contribution is 2.66. The summed E-state index contributed by atoms with van der Waals surface area (Å²) in [7, 11) is -3.55. The molecular weight excluding hydrogens is 553 g/mol. The van der Waals surface area contributed by atoms with Crippen LogP contribution in [-0.4, -0.2) is 81.0 Å². The minimum atomic E-state index is -4.99. The number of carboxylic acid groups (broad SMARTS) is 1. The van der Waals surface area contributed by atoms with E-state index < -0.39 is 79.3 Å². The molecule has 1 heterocycles. The van der Waals surface area contributed by atoms with Crippen molar-refractivity contribution in [1.29, 1.82) is 5.26 Å². The number of sulfone groups is 1. The number of nitriles is 1. The van der Waals surface area contributed by atoms with Crippen LogP contribution in [0, 0.1) is 28.1 Å². The van der Waals surface area contributed by atoms with Gasteiger partial charge in [0.15, 0.2) is 9.84 Å². The summed E-state index contributed by atoms with van der Waals surface area (Å²) < 4.78 is 75.8. The maximum Gasteiger partial charge on any atom is 0.417 e. The van der Waals surface area contributed by atoms with Crippen LogP contribution in [0.3, 0.4) is 0 Å². The Morgan fingerprint density at radius 3 is 2.30 bits per heavy atom. The van der Waals surface area contributed by atoms with Gasteiger partial charge in [-0.2, -0.15) is 18.4 Å². The van der Waals surface area contributed by atoms with Crippen LogP contribution in [0.25, 0.3) is 0 Å². The molecule has 0 spiro atoms. The molecule has 4 fully saturated rings. The van der Waals surface area contributed by atoms with Crippen LogP contribution in [0.1, 0.15) is 37.7 Å². The van der Waals surface area contributed by atoms with Crippen molar-refractivity contribution in [2.24, 2.45) is 22.5 Å². The number of hydrogen-bond acceptors (Lipinski definition) is 8. The fourth-order valence-electron chi connectivity index (χ4n) is 6.81. The van der Waals surface area contributed by atoms with Gasteiger partial charge in [-0.25, -0.2) is 8.42 Å². The summed E-state index contributed by atoms with van der Waals surface area (Å²) in [5.74, 6) is -3.66. The molecule has 2 unspecified atom stereocenters. The van der Waals surface area contributed by atoms with Gasteiger partial charge in [-0.15, -0.1) is 0 Å². The molecule has 0 radical (unpaired) electrons. The summed E-state index contributed by atoms with van der Waals surface area (Å²) in [5, 5.41) is 18.3. The molecule has 1 aliphatic heterocycles. The van der Waals surface area contributed by atoms with E-state index in [0.29, 0.717) is 32.2 Å². The second-order valence-electron chi connectivity index (χ2n) is 11.3. The number of aliphatic carboxylic acids is 1. The first-order valence-corrected chi connectivity index (χ1v) is 14.7. The summed E-state index contributed by atoms with van der Waals surface area (Å²) in [5.41, 5.74) is 0.535. The Balaban J connectivity index is 1.47. The second kappa shape index (κ2) is 9.60. The Kier molecular flexibility index (Phi) is 6.87. The Bertz CT molecular complexity index is 1370. The van der Waals surface area contributed by atoms with Gasteiger partial charge in [0.25, 0.3) is 0 Å². The van der Waals surface area contributed by atoms with Gasteiger partial charge in [-0.1, -0.05) is 0 Å². The van der Waals surface area contributed by atoms with E-state index in [9.17, 15) is 41.5 Å². The third-order valence-corrected chi connectivity index (χ3v) is 11.5. The number of piperazine rings is 1. The number of alkyl halides is 3. The van der Waals surface area contributed by atoms with Gasteiger partial charge in [0, 0.05) is 50.9 Å². The number of nitrogens with two attached hydrogens (primary N) is 1. The number of carbonyl (C=O) groups excluding carboxylic acids is 1. The molecule has 1 aromatic rings. The average Bonchev–Trinajstić information content (AvgIpc) is 3.84. The van der Waals surface area contributed by atoms with Crippen LogP contribution in [0.5, 0.6) is 0 Å². The van der Waals surface area contributed by atoms with E-state index in [4.69, 9.17) is 10.5 Å². The van der Waals surface area contributed by atoms with Crippen molar-refractivity contribution in [3.8, 4) is 6.07 Å². The molecule has 3 aliphatic carbocycles. The number of carboxylic acids is 1. The third-order valence-electron chi connectivity index (χ3n) is 9.28. The van der Waals surface area contributed by atoms with Gasteiger partial charge in [-0.05, 0) is 50.3 Å². The highest BCUT2D eigenvalue weighted by molar-refractivity contribution is 7.92. The zero-order valence-corrected chi connectivity index (χ0v) is 22.7. The molecule has 0 bridgehead atoms. The van der Waals surface area contributed by atoms with Crippen molar-refractivity contribution in [1.82, 2.24) is 4.90 Å². The zero-order chi connectivity index (χ0) is 29.3. The second-order valence-corrected chi connectivity index (χ2v) is 13.5. The number of carbonyl (C=O) groups is 2. The fraction of sp³-hybridized carbons (Fsp3) is 0.654.